The van der Waals surface area contributed by atoms with Crippen molar-refractivity contribution in [3.8, 4) is 0 Å². The number of amides is 2. The molecule has 0 spiro atoms. The van der Waals surface area contributed by atoms with E-state index in [-0.39, 0.29) is 11.7 Å². The first-order valence-electron chi connectivity index (χ1n) is 8.44. The van der Waals surface area contributed by atoms with Crippen LogP contribution in [0.2, 0.25) is 0 Å². The number of aromatic nitrogens is 4. The highest BCUT2D eigenvalue weighted by Gasteiger charge is 2.21. The molecule has 3 heterocycles. The molecule has 132 valence electrons. The van der Waals surface area contributed by atoms with Crippen molar-refractivity contribution in [2.75, 3.05) is 16.8 Å². The van der Waals surface area contributed by atoms with Crippen molar-refractivity contribution in [2.24, 2.45) is 0 Å². The van der Waals surface area contributed by atoms with Crippen LogP contribution in [0.25, 0.3) is 5.78 Å². The van der Waals surface area contributed by atoms with Crippen LogP contribution in [0.4, 0.5) is 11.4 Å². The van der Waals surface area contributed by atoms with Crippen LogP contribution in [-0.4, -0.2) is 37.9 Å². The standard InChI is InChI=1S/C18H18N6O2/c1-11-10-12(2)24-18(19-11)21-16(22-24)17(26)20-13-5-7-14(8-6-13)23-9-3-4-15(23)25/h5-8,10H,3-4,9H2,1-2H3,(H,20,26). The second-order valence-corrected chi connectivity index (χ2v) is 6.34. The lowest BCUT2D eigenvalue weighted by molar-refractivity contribution is -0.117. The third kappa shape index (κ3) is 2.90. The fraction of sp³-hybridized carbons (Fsp3) is 0.278. The van der Waals surface area contributed by atoms with E-state index in [1.54, 1.807) is 21.5 Å². The lowest BCUT2D eigenvalue weighted by Gasteiger charge is -2.15. The number of hydrogen-bond acceptors (Lipinski definition) is 5. The minimum Gasteiger partial charge on any atom is -0.319 e. The Bertz CT molecular complexity index is 1010. The first kappa shape index (κ1) is 16.2. The monoisotopic (exact) mass is 350 g/mol. The summed E-state index contributed by atoms with van der Waals surface area (Å²) in [6.45, 7) is 4.49. The number of fused-ring (bicyclic) bond motifs is 1. The van der Waals surface area contributed by atoms with E-state index < -0.39 is 5.91 Å². The van der Waals surface area contributed by atoms with E-state index >= 15 is 0 Å². The fourth-order valence-electron chi connectivity index (χ4n) is 3.10. The summed E-state index contributed by atoms with van der Waals surface area (Å²) in [6, 6.07) is 9.06. The summed E-state index contributed by atoms with van der Waals surface area (Å²) < 4.78 is 1.55. The molecule has 26 heavy (non-hydrogen) atoms. The molecular formula is C18H18N6O2. The molecule has 0 bridgehead atoms. The van der Waals surface area contributed by atoms with E-state index in [0.29, 0.717) is 17.9 Å². The molecule has 1 aliphatic heterocycles. The molecule has 0 unspecified atom stereocenters. The van der Waals surface area contributed by atoms with Gasteiger partial charge >= 0.3 is 0 Å². The molecule has 1 N–H and O–H groups in total. The molecule has 0 radical (unpaired) electrons. The molecule has 2 aromatic heterocycles. The summed E-state index contributed by atoms with van der Waals surface area (Å²) in [5.41, 5.74) is 3.14. The van der Waals surface area contributed by atoms with Crippen LogP contribution in [-0.2, 0) is 4.79 Å². The van der Waals surface area contributed by atoms with Gasteiger partial charge < -0.3 is 10.2 Å². The molecule has 2 amide bonds. The van der Waals surface area contributed by atoms with Crippen LogP contribution in [0, 0.1) is 13.8 Å². The number of nitrogens with zero attached hydrogens (tertiary/aromatic N) is 5. The molecular weight excluding hydrogens is 332 g/mol. The fourth-order valence-corrected chi connectivity index (χ4v) is 3.10. The van der Waals surface area contributed by atoms with Gasteiger partial charge in [0.25, 0.3) is 11.7 Å². The smallest absolute Gasteiger partial charge is 0.295 e. The van der Waals surface area contributed by atoms with E-state index in [4.69, 9.17) is 0 Å². The van der Waals surface area contributed by atoms with Gasteiger partial charge in [0.15, 0.2) is 0 Å². The van der Waals surface area contributed by atoms with Gasteiger partial charge in [-0.3, -0.25) is 9.59 Å². The second-order valence-electron chi connectivity index (χ2n) is 6.34. The molecule has 0 aliphatic carbocycles. The molecule has 8 heteroatoms. The van der Waals surface area contributed by atoms with Crippen LogP contribution in [0.15, 0.2) is 30.3 Å². The number of anilines is 2. The largest absolute Gasteiger partial charge is 0.319 e. The lowest BCUT2D eigenvalue weighted by Crippen LogP contribution is -2.23. The minimum atomic E-state index is -0.405. The van der Waals surface area contributed by atoms with Crippen LogP contribution in [0.5, 0.6) is 0 Å². The summed E-state index contributed by atoms with van der Waals surface area (Å²) in [5.74, 6) is 0.187. The molecule has 0 saturated carbocycles. The van der Waals surface area contributed by atoms with Gasteiger partial charge in [0.1, 0.15) is 0 Å². The molecule has 1 aliphatic rings. The summed E-state index contributed by atoms with van der Waals surface area (Å²) in [5, 5.41) is 6.99. The lowest BCUT2D eigenvalue weighted by atomic mass is 10.2. The Labute approximate surface area is 149 Å². The number of rotatable bonds is 3. The number of aryl methyl sites for hydroxylation is 2. The number of carbonyl (C=O) groups excluding carboxylic acids is 2. The van der Waals surface area contributed by atoms with Crippen LogP contribution in [0.1, 0.15) is 34.8 Å². The highest BCUT2D eigenvalue weighted by atomic mass is 16.2. The Kier molecular flexibility index (Phi) is 3.87. The van der Waals surface area contributed by atoms with E-state index in [0.717, 1.165) is 30.0 Å². The van der Waals surface area contributed by atoms with Crippen molar-refractivity contribution >= 4 is 29.0 Å². The second kappa shape index (κ2) is 6.21. The van der Waals surface area contributed by atoms with Crippen molar-refractivity contribution in [2.45, 2.75) is 26.7 Å². The number of carbonyl (C=O) groups is 2. The predicted molar refractivity (Wildman–Crippen MR) is 96.2 cm³/mol. The molecule has 4 rings (SSSR count). The summed E-state index contributed by atoms with van der Waals surface area (Å²) in [6.07, 6.45) is 1.47. The maximum atomic E-state index is 12.4. The first-order chi connectivity index (χ1) is 12.5. The zero-order chi connectivity index (χ0) is 18.3. The number of hydrogen-bond donors (Lipinski definition) is 1. The maximum absolute atomic E-state index is 12.4. The maximum Gasteiger partial charge on any atom is 0.295 e. The molecule has 1 aromatic carbocycles. The summed E-state index contributed by atoms with van der Waals surface area (Å²) in [7, 11) is 0. The van der Waals surface area contributed by atoms with Crippen LogP contribution in [0.3, 0.4) is 0 Å². The van der Waals surface area contributed by atoms with Crippen molar-refractivity contribution in [1.82, 2.24) is 19.6 Å². The number of benzene rings is 1. The van der Waals surface area contributed by atoms with E-state index in [1.807, 2.05) is 32.0 Å². The highest BCUT2D eigenvalue weighted by molar-refractivity contribution is 6.02. The molecule has 0 atom stereocenters. The quantitative estimate of drug-likeness (QED) is 0.781. The van der Waals surface area contributed by atoms with Gasteiger partial charge in [-0.1, -0.05) is 0 Å². The summed E-state index contributed by atoms with van der Waals surface area (Å²) >= 11 is 0. The Morgan fingerprint density at radius 3 is 2.62 bits per heavy atom. The van der Waals surface area contributed by atoms with Gasteiger partial charge in [0.05, 0.1) is 0 Å². The van der Waals surface area contributed by atoms with E-state index in [1.165, 1.54) is 0 Å². The van der Waals surface area contributed by atoms with Crippen molar-refractivity contribution in [3.05, 3.63) is 47.5 Å². The third-order valence-corrected chi connectivity index (χ3v) is 4.33. The Morgan fingerprint density at radius 1 is 1.15 bits per heavy atom. The van der Waals surface area contributed by atoms with Gasteiger partial charge in [-0.05, 0) is 50.6 Å². The highest BCUT2D eigenvalue weighted by Crippen LogP contribution is 2.23. The topological polar surface area (TPSA) is 92.5 Å². The van der Waals surface area contributed by atoms with Crippen molar-refractivity contribution in [1.29, 1.82) is 0 Å². The van der Waals surface area contributed by atoms with Gasteiger partial charge in [-0.25, -0.2) is 9.50 Å². The molecule has 3 aromatic rings. The first-order valence-corrected chi connectivity index (χ1v) is 8.44. The third-order valence-electron chi connectivity index (χ3n) is 4.33. The molecule has 1 saturated heterocycles. The predicted octanol–water partition coefficient (Wildman–Crippen LogP) is 2.12. The van der Waals surface area contributed by atoms with Gasteiger partial charge in [0.2, 0.25) is 11.7 Å². The van der Waals surface area contributed by atoms with Gasteiger partial charge in [0, 0.05) is 35.7 Å². The average Bonchev–Trinajstić information content (AvgIpc) is 3.22. The van der Waals surface area contributed by atoms with Gasteiger partial charge in [-0.15, -0.1) is 5.10 Å². The molecule has 8 nitrogen and oxygen atoms in total. The van der Waals surface area contributed by atoms with Crippen molar-refractivity contribution < 1.29 is 9.59 Å². The normalized spacial score (nSPS) is 14.2. The Balaban J connectivity index is 1.53. The number of nitrogens with one attached hydrogen (secondary N) is 1. The Hall–Kier alpha value is -3.29. The van der Waals surface area contributed by atoms with E-state index in [9.17, 15) is 9.59 Å². The average molecular weight is 350 g/mol. The molecule has 1 fully saturated rings. The van der Waals surface area contributed by atoms with Crippen LogP contribution < -0.4 is 10.2 Å². The summed E-state index contributed by atoms with van der Waals surface area (Å²) in [4.78, 5) is 34.5. The zero-order valence-corrected chi connectivity index (χ0v) is 14.6. The minimum absolute atomic E-state index is 0.0602. The SMILES string of the molecule is Cc1cc(C)n2nc(C(=O)Nc3ccc(N4CCCC4=O)cc3)nc2n1. The zero-order valence-electron chi connectivity index (χ0n) is 14.6. The van der Waals surface area contributed by atoms with E-state index in [2.05, 4.69) is 20.4 Å². The Morgan fingerprint density at radius 2 is 1.92 bits per heavy atom. The van der Waals surface area contributed by atoms with Gasteiger partial charge in [-0.2, -0.15) is 4.98 Å². The van der Waals surface area contributed by atoms with Crippen molar-refractivity contribution in [3.63, 3.8) is 0 Å². The van der Waals surface area contributed by atoms with Crippen LogP contribution >= 0.6 is 0 Å².